The number of hydrogen-bond acceptors (Lipinski definition) is 6. The van der Waals surface area contributed by atoms with E-state index in [-0.39, 0.29) is 45.1 Å². The third-order valence-corrected chi connectivity index (χ3v) is 6.70. The highest BCUT2D eigenvalue weighted by atomic mass is 16.6. The first kappa shape index (κ1) is 27.4. The summed E-state index contributed by atoms with van der Waals surface area (Å²) in [5, 5.41) is 9.15. The highest BCUT2D eigenvalue weighted by Crippen LogP contribution is 2.44. The maximum atomic E-state index is 13.5. The summed E-state index contributed by atoms with van der Waals surface area (Å²) in [5.74, 6) is -1.04. The molecule has 38 heavy (non-hydrogen) atoms. The van der Waals surface area contributed by atoms with E-state index in [0.29, 0.717) is 13.2 Å². The van der Waals surface area contributed by atoms with Gasteiger partial charge < -0.3 is 29.1 Å². The number of carboxylic acids is 1. The minimum absolute atomic E-state index is 0.0868. The predicted octanol–water partition coefficient (Wildman–Crippen LogP) is 4.74. The molecule has 0 spiro atoms. The van der Waals surface area contributed by atoms with Crippen molar-refractivity contribution in [2.75, 3.05) is 39.5 Å². The molecule has 204 valence electrons. The van der Waals surface area contributed by atoms with Gasteiger partial charge in [0.2, 0.25) is 0 Å². The molecule has 1 aliphatic heterocycles. The average molecular weight is 525 g/mol. The van der Waals surface area contributed by atoms with E-state index in [9.17, 15) is 14.4 Å². The van der Waals surface area contributed by atoms with Crippen molar-refractivity contribution in [3.05, 3.63) is 59.7 Å². The van der Waals surface area contributed by atoms with Crippen LogP contribution in [0.25, 0.3) is 11.1 Å². The number of carbonyl (C=O) groups is 3. The zero-order valence-electron chi connectivity index (χ0n) is 22.2. The van der Waals surface area contributed by atoms with Crippen molar-refractivity contribution in [3.8, 4) is 11.1 Å². The summed E-state index contributed by atoms with van der Waals surface area (Å²) in [7, 11) is 0. The Hall–Kier alpha value is -3.59. The highest BCUT2D eigenvalue weighted by molar-refractivity contribution is 5.79. The fourth-order valence-corrected chi connectivity index (χ4v) is 4.97. The number of amides is 2. The SMILES string of the molecule is CC(C)(C)OC(=O)N1CCOCC(N(CCCC(=O)O)C(=O)OCC2c3ccccc3-c3ccccc32)C1. The summed E-state index contributed by atoms with van der Waals surface area (Å²) in [5.41, 5.74) is 3.81. The van der Waals surface area contributed by atoms with Crippen LogP contribution in [0.3, 0.4) is 0 Å². The van der Waals surface area contributed by atoms with Crippen LogP contribution in [0.15, 0.2) is 48.5 Å². The lowest BCUT2D eigenvalue weighted by atomic mass is 9.98. The van der Waals surface area contributed by atoms with Crippen molar-refractivity contribution >= 4 is 18.2 Å². The third kappa shape index (κ3) is 6.64. The van der Waals surface area contributed by atoms with E-state index < -0.39 is 29.8 Å². The number of hydrogen-bond donors (Lipinski definition) is 1. The third-order valence-electron chi connectivity index (χ3n) is 6.70. The largest absolute Gasteiger partial charge is 0.481 e. The van der Waals surface area contributed by atoms with E-state index in [0.717, 1.165) is 22.3 Å². The number of fused-ring (bicyclic) bond motifs is 3. The van der Waals surface area contributed by atoms with Gasteiger partial charge in [0.25, 0.3) is 0 Å². The molecule has 0 aromatic heterocycles. The first-order valence-electron chi connectivity index (χ1n) is 13.0. The zero-order chi connectivity index (χ0) is 27.3. The summed E-state index contributed by atoms with van der Waals surface area (Å²) >= 11 is 0. The monoisotopic (exact) mass is 524 g/mol. The van der Waals surface area contributed by atoms with Gasteiger partial charge in [-0.05, 0) is 49.4 Å². The molecular weight excluding hydrogens is 488 g/mol. The topological polar surface area (TPSA) is 106 Å². The van der Waals surface area contributed by atoms with Crippen LogP contribution in [0.1, 0.15) is 50.7 Å². The van der Waals surface area contributed by atoms with E-state index in [1.807, 2.05) is 24.3 Å². The number of aliphatic carboxylic acids is 1. The van der Waals surface area contributed by atoms with Gasteiger partial charge in [-0.1, -0.05) is 48.5 Å². The van der Waals surface area contributed by atoms with Gasteiger partial charge >= 0.3 is 18.2 Å². The Bertz CT molecular complexity index is 1110. The van der Waals surface area contributed by atoms with Gasteiger partial charge in [-0.3, -0.25) is 4.79 Å². The molecule has 1 heterocycles. The van der Waals surface area contributed by atoms with Crippen molar-refractivity contribution < 1.29 is 33.7 Å². The van der Waals surface area contributed by atoms with Crippen molar-refractivity contribution in [2.24, 2.45) is 0 Å². The molecule has 4 rings (SSSR count). The number of rotatable bonds is 7. The molecule has 0 saturated carbocycles. The average Bonchev–Trinajstić information content (AvgIpc) is 2.99. The van der Waals surface area contributed by atoms with Crippen molar-refractivity contribution in [1.82, 2.24) is 9.80 Å². The molecule has 1 N–H and O–H groups in total. The molecule has 1 atom stereocenters. The van der Waals surface area contributed by atoms with Crippen LogP contribution in [0.4, 0.5) is 9.59 Å². The van der Waals surface area contributed by atoms with Crippen LogP contribution in [-0.4, -0.2) is 84.2 Å². The van der Waals surface area contributed by atoms with Gasteiger partial charge in [-0.15, -0.1) is 0 Å². The Morgan fingerprint density at radius 3 is 2.29 bits per heavy atom. The molecule has 1 saturated heterocycles. The first-order chi connectivity index (χ1) is 18.1. The van der Waals surface area contributed by atoms with Crippen LogP contribution in [0, 0.1) is 0 Å². The molecule has 2 amide bonds. The van der Waals surface area contributed by atoms with Gasteiger partial charge in [-0.2, -0.15) is 0 Å². The minimum Gasteiger partial charge on any atom is -0.481 e. The molecule has 0 bridgehead atoms. The molecule has 1 aliphatic carbocycles. The molecule has 1 unspecified atom stereocenters. The Balaban J connectivity index is 1.50. The first-order valence-corrected chi connectivity index (χ1v) is 13.0. The standard InChI is InChI=1S/C29H36N2O7/c1-29(2,3)38-27(34)30-15-16-36-18-20(17-30)31(14-8-13-26(32)33)28(35)37-19-25-23-11-6-4-9-21(23)22-10-5-7-12-24(22)25/h4-7,9-12,20,25H,8,13-19H2,1-3H3,(H,32,33). The van der Waals surface area contributed by atoms with Crippen LogP contribution in [0.2, 0.25) is 0 Å². The molecule has 1 fully saturated rings. The second kappa shape index (κ2) is 11.9. The molecular formula is C29H36N2O7. The number of benzene rings is 2. The fourth-order valence-electron chi connectivity index (χ4n) is 4.97. The lowest BCUT2D eigenvalue weighted by Gasteiger charge is -2.33. The highest BCUT2D eigenvalue weighted by Gasteiger charge is 2.34. The zero-order valence-corrected chi connectivity index (χ0v) is 22.2. The van der Waals surface area contributed by atoms with E-state index in [1.165, 1.54) is 9.80 Å². The van der Waals surface area contributed by atoms with E-state index in [4.69, 9.17) is 19.3 Å². The Morgan fingerprint density at radius 2 is 1.68 bits per heavy atom. The minimum atomic E-state index is -0.940. The lowest BCUT2D eigenvalue weighted by molar-refractivity contribution is -0.137. The summed E-state index contributed by atoms with van der Waals surface area (Å²) in [6.45, 7) is 6.75. The summed E-state index contributed by atoms with van der Waals surface area (Å²) in [6, 6.07) is 15.7. The van der Waals surface area contributed by atoms with Gasteiger partial charge in [0.1, 0.15) is 12.2 Å². The van der Waals surface area contributed by atoms with Crippen LogP contribution in [0.5, 0.6) is 0 Å². The van der Waals surface area contributed by atoms with Crippen molar-refractivity contribution in [2.45, 2.75) is 51.2 Å². The molecule has 9 heteroatoms. The summed E-state index contributed by atoms with van der Waals surface area (Å²) in [6.07, 6.45) is -0.873. The van der Waals surface area contributed by atoms with Gasteiger partial charge in [0, 0.05) is 32.0 Å². The predicted molar refractivity (Wildman–Crippen MR) is 141 cm³/mol. The Kier molecular flexibility index (Phi) is 8.56. The maximum absolute atomic E-state index is 13.5. The second-order valence-corrected chi connectivity index (χ2v) is 10.6. The number of ether oxygens (including phenoxy) is 3. The van der Waals surface area contributed by atoms with Crippen LogP contribution < -0.4 is 0 Å². The van der Waals surface area contributed by atoms with E-state index in [1.54, 1.807) is 20.8 Å². The van der Waals surface area contributed by atoms with Crippen molar-refractivity contribution in [3.63, 3.8) is 0 Å². The Labute approximate surface area is 223 Å². The summed E-state index contributed by atoms with van der Waals surface area (Å²) < 4.78 is 17.1. The lowest BCUT2D eigenvalue weighted by Crippen LogP contribution is -2.50. The molecule has 9 nitrogen and oxygen atoms in total. The number of nitrogens with zero attached hydrogens (tertiary/aromatic N) is 2. The smallest absolute Gasteiger partial charge is 0.410 e. The van der Waals surface area contributed by atoms with E-state index >= 15 is 0 Å². The van der Waals surface area contributed by atoms with Gasteiger partial charge in [0.05, 0.1) is 19.3 Å². The Morgan fingerprint density at radius 1 is 1.05 bits per heavy atom. The number of carbonyl (C=O) groups excluding carboxylic acids is 2. The molecule has 0 radical (unpaired) electrons. The normalized spacial score (nSPS) is 17.2. The number of carboxylic acid groups (broad SMARTS) is 1. The fraction of sp³-hybridized carbons (Fsp3) is 0.483. The molecule has 2 aromatic rings. The van der Waals surface area contributed by atoms with Crippen LogP contribution >= 0.6 is 0 Å². The second-order valence-electron chi connectivity index (χ2n) is 10.6. The molecule has 2 aromatic carbocycles. The van der Waals surface area contributed by atoms with E-state index in [2.05, 4.69) is 24.3 Å². The van der Waals surface area contributed by atoms with Crippen molar-refractivity contribution in [1.29, 1.82) is 0 Å². The maximum Gasteiger partial charge on any atom is 0.410 e. The molecule has 2 aliphatic rings. The van der Waals surface area contributed by atoms with Gasteiger partial charge in [0.15, 0.2) is 0 Å². The van der Waals surface area contributed by atoms with Crippen LogP contribution in [-0.2, 0) is 19.0 Å². The summed E-state index contributed by atoms with van der Waals surface area (Å²) in [4.78, 5) is 40.5. The quantitative estimate of drug-likeness (QED) is 0.558. The van der Waals surface area contributed by atoms with Gasteiger partial charge in [-0.25, -0.2) is 9.59 Å².